The maximum atomic E-state index is 13.7. The number of aliphatic hydroxyl groups excluding tert-OH is 1. The lowest BCUT2D eigenvalue weighted by atomic mass is 10.1. The number of aliphatic hydroxyl groups is 1. The van der Waals surface area contributed by atoms with Crippen molar-refractivity contribution >= 4 is 0 Å². The quantitative estimate of drug-likeness (QED) is 0.925. The first kappa shape index (κ1) is 14.4. The summed E-state index contributed by atoms with van der Waals surface area (Å²) in [7, 11) is 0. The van der Waals surface area contributed by atoms with E-state index in [0.717, 1.165) is 12.1 Å². The number of halogens is 3. The van der Waals surface area contributed by atoms with Crippen LogP contribution in [0.3, 0.4) is 0 Å². The minimum Gasteiger partial charge on any atom is -0.486 e. The average Bonchev–Trinajstić information content (AvgIpc) is 2.41. The molecule has 1 unspecified atom stereocenters. The minimum atomic E-state index is -0.976. The molecule has 0 spiro atoms. The zero-order chi connectivity index (χ0) is 14.7. The summed E-state index contributed by atoms with van der Waals surface area (Å²) in [5.74, 6) is -2.55. The number of hydrogen-bond acceptors (Lipinski definition) is 2. The lowest BCUT2D eigenvalue weighted by Crippen LogP contribution is -2.00. The molecule has 0 aliphatic rings. The van der Waals surface area contributed by atoms with E-state index in [2.05, 4.69) is 0 Å². The van der Waals surface area contributed by atoms with Gasteiger partial charge in [-0.15, -0.1) is 0 Å². The topological polar surface area (TPSA) is 29.5 Å². The molecule has 20 heavy (non-hydrogen) atoms. The summed E-state index contributed by atoms with van der Waals surface area (Å²) in [5.41, 5.74) is 0.825. The molecule has 1 N–H and O–H groups in total. The Morgan fingerprint density at radius 1 is 1.00 bits per heavy atom. The molecule has 1 atom stereocenters. The molecule has 0 saturated heterocycles. The fraction of sp³-hybridized carbons (Fsp3) is 0.200. The van der Waals surface area contributed by atoms with Gasteiger partial charge in [-0.1, -0.05) is 12.1 Å². The Balaban J connectivity index is 2.09. The molecule has 2 rings (SSSR count). The number of rotatable bonds is 4. The van der Waals surface area contributed by atoms with Crippen LogP contribution in [0, 0.1) is 17.5 Å². The molecular weight excluding hydrogens is 269 g/mol. The van der Waals surface area contributed by atoms with Gasteiger partial charge in [0.1, 0.15) is 6.61 Å². The molecule has 5 heteroatoms. The molecule has 0 saturated carbocycles. The predicted octanol–water partition coefficient (Wildman–Crippen LogP) is 3.74. The molecule has 0 radical (unpaired) electrons. The van der Waals surface area contributed by atoms with Gasteiger partial charge in [-0.25, -0.2) is 13.2 Å². The van der Waals surface area contributed by atoms with E-state index in [1.165, 1.54) is 31.2 Å². The highest BCUT2D eigenvalue weighted by molar-refractivity contribution is 5.30. The van der Waals surface area contributed by atoms with Gasteiger partial charge in [-0.3, -0.25) is 0 Å². The fourth-order valence-corrected chi connectivity index (χ4v) is 1.68. The molecule has 0 heterocycles. The van der Waals surface area contributed by atoms with Crippen LogP contribution in [-0.2, 0) is 6.61 Å². The van der Waals surface area contributed by atoms with Crippen LogP contribution in [0.4, 0.5) is 13.2 Å². The van der Waals surface area contributed by atoms with Gasteiger partial charge in [0.15, 0.2) is 23.2 Å². The van der Waals surface area contributed by atoms with Gasteiger partial charge in [-0.05, 0) is 42.3 Å². The third kappa shape index (κ3) is 3.30. The summed E-state index contributed by atoms with van der Waals surface area (Å²) in [6.07, 6.45) is -0.773. The zero-order valence-corrected chi connectivity index (χ0v) is 10.7. The van der Waals surface area contributed by atoms with E-state index >= 15 is 0 Å². The highest BCUT2D eigenvalue weighted by atomic mass is 19.2. The van der Waals surface area contributed by atoms with Crippen LogP contribution in [-0.4, -0.2) is 5.11 Å². The second-order valence-corrected chi connectivity index (χ2v) is 4.40. The van der Waals surface area contributed by atoms with Crippen LogP contribution >= 0.6 is 0 Å². The number of hydrogen-bond donors (Lipinski definition) is 1. The van der Waals surface area contributed by atoms with Crippen LogP contribution in [0.1, 0.15) is 24.2 Å². The Morgan fingerprint density at radius 2 is 1.75 bits per heavy atom. The van der Waals surface area contributed by atoms with Gasteiger partial charge in [-0.2, -0.15) is 0 Å². The highest BCUT2D eigenvalue weighted by Gasteiger charge is 2.09. The molecular formula is C15H13F3O2. The number of benzene rings is 2. The first-order valence-electron chi connectivity index (χ1n) is 6.01. The van der Waals surface area contributed by atoms with Gasteiger partial charge in [0.05, 0.1) is 6.10 Å². The van der Waals surface area contributed by atoms with Gasteiger partial charge < -0.3 is 9.84 Å². The molecule has 0 bridgehead atoms. The summed E-state index contributed by atoms with van der Waals surface area (Å²) in [4.78, 5) is 0. The summed E-state index contributed by atoms with van der Waals surface area (Å²) < 4.78 is 44.6. The summed E-state index contributed by atoms with van der Waals surface area (Å²) in [6.45, 7) is 1.44. The summed E-state index contributed by atoms with van der Waals surface area (Å²) in [5, 5.41) is 9.32. The maximum Gasteiger partial charge on any atom is 0.165 e. The Morgan fingerprint density at radius 3 is 2.35 bits per heavy atom. The smallest absolute Gasteiger partial charge is 0.165 e. The van der Waals surface area contributed by atoms with E-state index in [1.54, 1.807) is 0 Å². The molecule has 0 fully saturated rings. The van der Waals surface area contributed by atoms with Gasteiger partial charge in [0, 0.05) is 0 Å². The molecule has 0 aliphatic carbocycles. The van der Waals surface area contributed by atoms with E-state index in [0.29, 0.717) is 11.1 Å². The minimum absolute atomic E-state index is 0.0147. The lowest BCUT2D eigenvalue weighted by Gasteiger charge is -2.10. The van der Waals surface area contributed by atoms with Crippen LogP contribution in [0.2, 0.25) is 0 Å². The van der Waals surface area contributed by atoms with Crippen LogP contribution in [0.25, 0.3) is 0 Å². The van der Waals surface area contributed by atoms with Crippen molar-refractivity contribution in [2.45, 2.75) is 19.6 Å². The van der Waals surface area contributed by atoms with Crippen molar-refractivity contribution in [2.24, 2.45) is 0 Å². The lowest BCUT2D eigenvalue weighted by molar-refractivity contribution is 0.198. The molecule has 106 valence electrons. The van der Waals surface area contributed by atoms with Crippen molar-refractivity contribution in [3.63, 3.8) is 0 Å². The highest BCUT2D eigenvalue weighted by Crippen LogP contribution is 2.23. The average molecular weight is 282 g/mol. The van der Waals surface area contributed by atoms with Crippen molar-refractivity contribution in [3.8, 4) is 5.75 Å². The molecule has 2 aromatic carbocycles. The van der Waals surface area contributed by atoms with E-state index in [1.807, 2.05) is 0 Å². The van der Waals surface area contributed by atoms with Gasteiger partial charge in [0.25, 0.3) is 0 Å². The molecule has 2 aromatic rings. The van der Waals surface area contributed by atoms with E-state index in [4.69, 9.17) is 4.74 Å². The normalized spacial score (nSPS) is 12.2. The Hall–Kier alpha value is -2.01. The number of ether oxygens (including phenoxy) is 1. The Bertz CT molecular complexity index is 612. The first-order chi connectivity index (χ1) is 9.47. The van der Waals surface area contributed by atoms with Crippen molar-refractivity contribution in [3.05, 3.63) is 65.0 Å². The monoisotopic (exact) mass is 282 g/mol. The Labute approximate surface area is 114 Å². The largest absolute Gasteiger partial charge is 0.486 e. The molecule has 2 nitrogen and oxygen atoms in total. The third-order valence-electron chi connectivity index (χ3n) is 2.82. The van der Waals surface area contributed by atoms with E-state index < -0.39 is 23.6 Å². The second kappa shape index (κ2) is 5.96. The van der Waals surface area contributed by atoms with Crippen molar-refractivity contribution in [1.29, 1.82) is 0 Å². The first-order valence-corrected chi connectivity index (χ1v) is 6.01. The van der Waals surface area contributed by atoms with Crippen LogP contribution < -0.4 is 4.74 Å². The fourth-order valence-electron chi connectivity index (χ4n) is 1.68. The summed E-state index contributed by atoms with van der Waals surface area (Å²) >= 11 is 0. The van der Waals surface area contributed by atoms with Crippen molar-refractivity contribution < 1.29 is 23.0 Å². The molecule has 0 aliphatic heterocycles. The molecule has 0 amide bonds. The van der Waals surface area contributed by atoms with Crippen molar-refractivity contribution in [2.75, 3.05) is 0 Å². The third-order valence-corrected chi connectivity index (χ3v) is 2.82. The zero-order valence-electron chi connectivity index (χ0n) is 10.7. The van der Waals surface area contributed by atoms with Gasteiger partial charge in [0.2, 0.25) is 0 Å². The van der Waals surface area contributed by atoms with Crippen LogP contribution in [0.5, 0.6) is 5.75 Å². The van der Waals surface area contributed by atoms with Crippen LogP contribution in [0.15, 0.2) is 36.4 Å². The van der Waals surface area contributed by atoms with Crippen molar-refractivity contribution in [1.82, 2.24) is 0 Å². The summed E-state index contributed by atoms with van der Waals surface area (Å²) in [6, 6.07) is 7.44. The predicted molar refractivity (Wildman–Crippen MR) is 67.7 cm³/mol. The molecule has 0 aromatic heterocycles. The van der Waals surface area contributed by atoms with Gasteiger partial charge >= 0.3 is 0 Å². The van der Waals surface area contributed by atoms with E-state index in [-0.39, 0.29) is 12.4 Å². The standard InChI is InChI=1S/C15H13F3O2/c1-9(19)11-3-5-15(14(18)7-11)20-8-10-2-4-12(16)13(17)6-10/h2-7,9,19H,8H2,1H3. The maximum absolute atomic E-state index is 13.7. The SMILES string of the molecule is CC(O)c1ccc(OCc2ccc(F)c(F)c2)c(F)c1. The van der Waals surface area contributed by atoms with E-state index in [9.17, 15) is 18.3 Å². The second-order valence-electron chi connectivity index (χ2n) is 4.40. The Kier molecular flexibility index (Phi) is 4.29.